The molecular weight excluding hydrogens is 312 g/mol. The third-order valence-corrected chi connectivity index (χ3v) is 4.98. The Labute approximate surface area is 149 Å². The van der Waals surface area contributed by atoms with Crippen LogP contribution in [0.1, 0.15) is 54.2 Å². The number of carbonyl (C=O) groups excluding carboxylic acids is 1. The lowest BCUT2D eigenvalue weighted by Crippen LogP contribution is -2.35. The zero-order valence-electron chi connectivity index (χ0n) is 15.0. The number of piperidine rings is 1. The molecule has 5 heteroatoms. The van der Waals surface area contributed by atoms with E-state index in [4.69, 9.17) is 5.73 Å². The van der Waals surface area contributed by atoms with Crippen molar-refractivity contribution in [3.63, 3.8) is 0 Å². The average molecular weight is 338 g/mol. The second kappa shape index (κ2) is 7.64. The molecule has 3 rings (SSSR count). The first-order chi connectivity index (χ1) is 12.0. The lowest BCUT2D eigenvalue weighted by atomic mass is 9.89. The van der Waals surface area contributed by atoms with Crippen molar-refractivity contribution in [2.24, 2.45) is 11.7 Å². The molecule has 1 aliphatic heterocycles. The monoisotopic (exact) mass is 338 g/mol. The van der Waals surface area contributed by atoms with E-state index in [1.165, 1.54) is 17.3 Å². The fourth-order valence-electron chi connectivity index (χ4n) is 3.36. The summed E-state index contributed by atoms with van der Waals surface area (Å²) in [6.45, 7) is 6.32. The minimum atomic E-state index is -0.533. The topological polar surface area (TPSA) is 72.1 Å². The quantitative estimate of drug-likeness (QED) is 0.909. The van der Waals surface area contributed by atoms with Crippen LogP contribution in [0.2, 0.25) is 0 Å². The summed E-state index contributed by atoms with van der Waals surface area (Å²) in [6.07, 6.45) is 6.48. The minimum absolute atomic E-state index is 0.227. The van der Waals surface area contributed by atoms with Crippen molar-refractivity contribution in [2.45, 2.75) is 39.0 Å². The lowest BCUT2D eigenvalue weighted by molar-refractivity contribution is 0.0995. The molecule has 0 unspecified atom stereocenters. The van der Waals surface area contributed by atoms with E-state index in [-0.39, 0.29) is 5.69 Å². The summed E-state index contributed by atoms with van der Waals surface area (Å²) >= 11 is 0. The van der Waals surface area contributed by atoms with Crippen LogP contribution in [0.15, 0.2) is 36.7 Å². The maximum atomic E-state index is 11.3. The molecule has 1 fully saturated rings. The van der Waals surface area contributed by atoms with Gasteiger partial charge in [-0.15, -0.1) is 0 Å². The van der Waals surface area contributed by atoms with E-state index in [2.05, 4.69) is 53.0 Å². The summed E-state index contributed by atoms with van der Waals surface area (Å²) < 4.78 is 0. The molecule has 1 aliphatic rings. The number of hydrogen-bond donors (Lipinski definition) is 1. The average Bonchev–Trinajstić information content (AvgIpc) is 2.63. The Morgan fingerprint density at radius 2 is 1.88 bits per heavy atom. The van der Waals surface area contributed by atoms with E-state index < -0.39 is 5.91 Å². The van der Waals surface area contributed by atoms with Crippen molar-refractivity contribution in [1.82, 2.24) is 9.97 Å². The van der Waals surface area contributed by atoms with Crippen LogP contribution >= 0.6 is 0 Å². The van der Waals surface area contributed by atoms with Gasteiger partial charge in [0.05, 0.1) is 12.4 Å². The van der Waals surface area contributed by atoms with Crippen molar-refractivity contribution in [2.75, 3.05) is 18.0 Å². The number of rotatable bonds is 5. The Hall–Kier alpha value is -2.43. The molecular formula is C20H26N4O. The van der Waals surface area contributed by atoms with Crippen LogP contribution in [0, 0.1) is 5.92 Å². The Morgan fingerprint density at radius 1 is 1.20 bits per heavy atom. The van der Waals surface area contributed by atoms with E-state index in [1.807, 2.05) is 0 Å². The number of carbonyl (C=O) groups is 1. The molecule has 0 bridgehead atoms. The highest BCUT2D eigenvalue weighted by atomic mass is 16.1. The van der Waals surface area contributed by atoms with Crippen molar-refractivity contribution < 1.29 is 4.79 Å². The van der Waals surface area contributed by atoms with Gasteiger partial charge < -0.3 is 10.6 Å². The second-order valence-corrected chi connectivity index (χ2v) is 7.16. The molecule has 1 saturated heterocycles. The smallest absolute Gasteiger partial charge is 0.268 e. The van der Waals surface area contributed by atoms with Gasteiger partial charge in [-0.3, -0.25) is 9.78 Å². The van der Waals surface area contributed by atoms with E-state index in [0.29, 0.717) is 11.8 Å². The van der Waals surface area contributed by atoms with Crippen molar-refractivity contribution in [1.29, 1.82) is 0 Å². The highest BCUT2D eigenvalue weighted by Gasteiger charge is 2.21. The highest BCUT2D eigenvalue weighted by molar-refractivity contribution is 5.90. The first-order valence-corrected chi connectivity index (χ1v) is 8.98. The van der Waals surface area contributed by atoms with Crippen molar-refractivity contribution >= 4 is 11.7 Å². The van der Waals surface area contributed by atoms with Gasteiger partial charge >= 0.3 is 0 Å². The number of nitrogens with two attached hydrogens (primary N) is 1. The molecule has 1 aromatic heterocycles. The molecule has 0 aliphatic carbocycles. The third kappa shape index (κ3) is 4.35. The molecule has 0 atom stereocenters. The standard InChI is InChI=1S/C20H26N4O/c1-14(2)17-5-3-15(4-6-17)11-16-7-9-24(10-8-16)19-13-22-12-18(23-19)20(21)25/h3-6,12-14,16H,7-11H2,1-2H3,(H2,21,25). The first kappa shape index (κ1) is 17.4. The van der Waals surface area contributed by atoms with Crippen LogP contribution in [-0.4, -0.2) is 29.0 Å². The van der Waals surface area contributed by atoms with Crippen molar-refractivity contribution in [3.8, 4) is 0 Å². The van der Waals surface area contributed by atoms with E-state index >= 15 is 0 Å². The van der Waals surface area contributed by atoms with E-state index in [0.717, 1.165) is 38.2 Å². The van der Waals surface area contributed by atoms with Crippen LogP contribution in [0.5, 0.6) is 0 Å². The second-order valence-electron chi connectivity index (χ2n) is 7.16. The van der Waals surface area contributed by atoms with Gasteiger partial charge in [0.15, 0.2) is 0 Å². The Kier molecular flexibility index (Phi) is 5.31. The number of hydrogen-bond acceptors (Lipinski definition) is 4. The minimum Gasteiger partial charge on any atom is -0.364 e. The molecule has 0 saturated carbocycles. The van der Waals surface area contributed by atoms with Gasteiger partial charge in [0.1, 0.15) is 11.5 Å². The van der Waals surface area contributed by atoms with Crippen LogP contribution in [0.4, 0.5) is 5.82 Å². The highest BCUT2D eigenvalue weighted by Crippen LogP contribution is 2.25. The predicted molar refractivity (Wildman–Crippen MR) is 99.7 cm³/mol. The number of nitrogens with zero attached hydrogens (tertiary/aromatic N) is 3. The summed E-state index contributed by atoms with van der Waals surface area (Å²) in [7, 11) is 0. The van der Waals surface area contributed by atoms with Gasteiger partial charge in [-0.25, -0.2) is 4.98 Å². The third-order valence-electron chi connectivity index (χ3n) is 4.98. The van der Waals surface area contributed by atoms with Gasteiger partial charge in [-0.2, -0.15) is 0 Å². The number of benzene rings is 1. The Balaban J connectivity index is 1.56. The van der Waals surface area contributed by atoms with Crippen LogP contribution in [0.25, 0.3) is 0 Å². The predicted octanol–water partition coefficient (Wildman–Crippen LogP) is 3.16. The number of anilines is 1. The van der Waals surface area contributed by atoms with Crippen LogP contribution in [0.3, 0.4) is 0 Å². The summed E-state index contributed by atoms with van der Waals surface area (Å²) in [5, 5.41) is 0. The molecule has 1 amide bonds. The zero-order chi connectivity index (χ0) is 17.8. The molecule has 1 aromatic carbocycles. The van der Waals surface area contributed by atoms with Gasteiger partial charge in [0.2, 0.25) is 0 Å². The molecule has 2 aromatic rings. The van der Waals surface area contributed by atoms with Crippen LogP contribution in [-0.2, 0) is 6.42 Å². The molecule has 132 valence electrons. The number of aromatic nitrogens is 2. The van der Waals surface area contributed by atoms with E-state index in [1.54, 1.807) is 6.20 Å². The summed E-state index contributed by atoms with van der Waals surface area (Å²) in [6, 6.07) is 9.03. The fourth-order valence-corrected chi connectivity index (χ4v) is 3.36. The fraction of sp³-hybridized carbons (Fsp3) is 0.450. The summed E-state index contributed by atoms with van der Waals surface area (Å²) in [5.74, 6) is 1.48. The van der Waals surface area contributed by atoms with E-state index in [9.17, 15) is 4.79 Å². The maximum Gasteiger partial charge on any atom is 0.268 e. The SMILES string of the molecule is CC(C)c1ccc(CC2CCN(c3cncc(C(N)=O)n3)CC2)cc1. The number of primary amides is 1. The lowest BCUT2D eigenvalue weighted by Gasteiger charge is -2.32. The zero-order valence-corrected chi connectivity index (χ0v) is 15.0. The molecule has 2 heterocycles. The first-order valence-electron chi connectivity index (χ1n) is 8.98. The van der Waals surface area contributed by atoms with Gasteiger partial charge in [-0.05, 0) is 42.2 Å². The molecule has 0 spiro atoms. The molecule has 5 nitrogen and oxygen atoms in total. The normalized spacial score (nSPS) is 15.6. The van der Waals surface area contributed by atoms with Crippen molar-refractivity contribution in [3.05, 3.63) is 53.5 Å². The summed E-state index contributed by atoms with van der Waals surface area (Å²) in [4.78, 5) is 21.9. The molecule has 0 radical (unpaired) electrons. The largest absolute Gasteiger partial charge is 0.364 e. The van der Waals surface area contributed by atoms with Gasteiger partial charge in [0, 0.05) is 13.1 Å². The van der Waals surface area contributed by atoms with Crippen LogP contribution < -0.4 is 10.6 Å². The Morgan fingerprint density at radius 3 is 2.48 bits per heavy atom. The molecule has 25 heavy (non-hydrogen) atoms. The summed E-state index contributed by atoms with van der Waals surface area (Å²) in [5.41, 5.74) is 8.33. The van der Waals surface area contributed by atoms with Gasteiger partial charge in [0.25, 0.3) is 5.91 Å². The number of amides is 1. The maximum absolute atomic E-state index is 11.3. The Bertz CT molecular complexity index is 719. The van der Waals surface area contributed by atoms with Gasteiger partial charge in [-0.1, -0.05) is 38.1 Å². The molecule has 2 N–H and O–H groups in total.